The number of carbonyl (C=O) groups is 2. The first-order chi connectivity index (χ1) is 10.7. The van der Waals surface area contributed by atoms with Gasteiger partial charge in [-0.25, -0.2) is 0 Å². The van der Waals surface area contributed by atoms with Crippen LogP contribution < -0.4 is 5.32 Å². The first-order valence-electron chi connectivity index (χ1n) is 8.34. The van der Waals surface area contributed by atoms with E-state index < -0.39 is 0 Å². The quantitative estimate of drug-likeness (QED) is 0.905. The Morgan fingerprint density at radius 1 is 1.18 bits per heavy atom. The summed E-state index contributed by atoms with van der Waals surface area (Å²) in [5, 5.41) is 3.12. The Bertz CT molecular complexity index is 523. The molecule has 0 aromatic heterocycles. The van der Waals surface area contributed by atoms with Crippen LogP contribution in [0.2, 0.25) is 0 Å². The van der Waals surface area contributed by atoms with Gasteiger partial charge in [0, 0.05) is 25.6 Å². The molecule has 4 nitrogen and oxygen atoms in total. The molecule has 2 amide bonds. The minimum Gasteiger partial charge on any atom is -0.353 e. The van der Waals surface area contributed by atoms with E-state index in [0.717, 1.165) is 19.3 Å². The highest BCUT2D eigenvalue weighted by Gasteiger charge is 2.34. The van der Waals surface area contributed by atoms with Crippen molar-refractivity contribution in [1.29, 1.82) is 0 Å². The fourth-order valence-corrected chi connectivity index (χ4v) is 3.46. The molecule has 4 heteroatoms. The molecule has 0 spiro atoms. The van der Waals surface area contributed by atoms with Gasteiger partial charge in [0.05, 0.1) is 5.92 Å². The van der Waals surface area contributed by atoms with Gasteiger partial charge in [0.2, 0.25) is 11.8 Å². The lowest BCUT2D eigenvalue weighted by Crippen LogP contribution is -2.38. The van der Waals surface area contributed by atoms with Crippen LogP contribution in [-0.4, -0.2) is 35.8 Å². The fourth-order valence-electron chi connectivity index (χ4n) is 3.46. The molecule has 1 aliphatic carbocycles. The average Bonchev–Trinajstić information content (AvgIpc) is 3.16. The Morgan fingerprint density at radius 2 is 1.91 bits per heavy atom. The van der Waals surface area contributed by atoms with E-state index >= 15 is 0 Å². The summed E-state index contributed by atoms with van der Waals surface area (Å²) in [6, 6.07) is 10.5. The fraction of sp³-hybridized carbons (Fsp3) is 0.556. The molecule has 1 aromatic carbocycles. The van der Waals surface area contributed by atoms with Gasteiger partial charge in [0.1, 0.15) is 0 Å². The van der Waals surface area contributed by atoms with Gasteiger partial charge in [0.15, 0.2) is 0 Å². The van der Waals surface area contributed by atoms with E-state index in [0.29, 0.717) is 25.6 Å². The summed E-state index contributed by atoms with van der Waals surface area (Å²) in [6.45, 7) is 1.28. The molecule has 2 fully saturated rings. The molecule has 1 saturated heterocycles. The van der Waals surface area contributed by atoms with E-state index in [4.69, 9.17) is 0 Å². The van der Waals surface area contributed by atoms with Gasteiger partial charge in [-0.2, -0.15) is 0 Å². The average molecular weight is 300 g/mol. The molecule has 1 aliphatic heterocycles. The lowest BCUT2D eigenvalue weighted by molar-refractivity contribution is -0.129. The van der Waals surface area contributed by atoms with Crippen LogP contribution in [0.25, 0.3) is 0 Å². The largest absolute Gasteiger partial charge is 0.353 e. The summed E-state index contributed by atoms with van der Waals surface area (Å²) in [5.74, 6) is 0.0221. The van der Waals surface area contributed by atoms with Gasteiger partial charge in [0.25, 0.3) is 0 Å². The summed E-state index contributed by atoms with van der Waals surface area (Å²) >= 11 is 0. The van der Waals surface area contributed by atoms with E-state index in [1.54, 1.807) is 0 Å². The van der Waals surface area contributed by atoms with Crippen molar-refractivity contribution in [2.24, 2.45) is 5.92 Å². The molecule has 1 heterocycles. The third-order valence-electron chi connectivity index (χ3n) is 4.80. The zero-order valence-electron chi connectivity index (χ0n) is 13.0. The Balaban J connectivity index is 1.48. The molecular formula is C18H24N2O2. The number of hydrogen-bond acceptors (Lipinski definition) is 2. The van der Waals surface area contributed by atoms with E-state index in [-0.39, 0.29) is 17.7 Å². The smallest absolute Gasteiger partial charge is 0.225 e. The van der Waals surface area contributed by atoms with Crippen molar-refractivity contribution < 1.29 is 9.59 Å². The monoisotopic (exact) mass is 300 g/mol. The molecule has 3 rings (SSSR count). The molecular weight excluding hydrogens is 276 g/mol. The Morgan fingerprint density at radius 3 is 2.64 bits per heavy atom. The molecule has 22 heavy (non-hydrogen) atoms. The van der Waals surface area contributed by atoms with E-state index in [1.165, 1.54) is 18.4 Å². The van der Waals surface area contributed by atoms with Crippen LogP contribution >= 0.6 is 0 Å². The molecule has 1 atom stereocenters. The van der Waals surface area contributed by atoms with Crippen LogP contribution in [0.5, 0.6) is 0 Å². The molecule has 118 valence electrons. The summed E-state index contributed by atoms with van der Waals surface area (Å²) in [4.78, 5) is 26.2. The lowest BCUT2D eigenvalue weighted by atomic mass is 10.1. The summed E-state index contributed by atoms with van der Waals surface area (Å²) < 4.78 is 0. The number of carbonyl (C=O) groups excluding carboxylic acids is 2. The van der Waals surface area contributed by atoms with Gasteiger partial charge in [-0.3, -0.25) is 9.59 Å². The molecule has 0 unspecified atom stereocenters. The second-order valence-corrected chi connectivity index (χ2v) is 6.47. The third-order valence-corrected chi connectivity index (χ3v) is 4.80. The Hall–Kier alpha value is -1.84. The van der Waals surface area contributed by atoms with Crippen LogP contribution in [0, 0.1) is 5.92 Å². The number of amides is 2. The second-order valence-electron chi connectivity index (χ2n) is 6.47. The highest BCUT2D eigenvalue weighted by atomic mass is 16.2. The SMILES string of the molecule is O=C(NC1CCCC1)[C@H]1CC(=O)N(CCc2ccccc2)C1. The molecule has 1 aromatic rings. The molecule has 2 aliphatic rings. The number of benzene rings is 1. The standard InChI is InChI=1S/C18H24N2O2/c21-17-12-15(18(22)19-16-8-4-5-9-16)13-20(17)11-10-14-6-2-1-3-7-14/h1-3,6-7,15-16H,4-5,8-13H2,(H,19,22)/t15-/m0/s1. The van der Waals surface area contributed by atoms with Gasteiger partial charge in [-0.15, -0.1) is 0 Å². The molecule has 0 bridgehead atoms. The third kappa shape index (κ3) is 3.67. The van der Waals surface area contributed by atoms with Crippen molar-refractivity contribution >= 4 is 11.8 Å². The first kappa shape index (κ1) is 15.1. The van der Waals surface area contributed by atoms with Gasteiger partial charge in [-0.05, 0) is 24.8 Å². The zero-order chi connectivity index (χ0) is 15.4. The van der Waals surface area contributed by atoms with Gasteiger partial charge in [-0.1, -0.05) is 43.2 Å². The van der Waals surface area contributed by atoms with Crippen molar-refractivity contribution in [2.75, 3.05) is 13.1 Å². The second kappa shape index (κ2) is 6.95. The maximum absolute atomic E-state index is 12.3. The Labute approximate surface area is 131 Å². The highest BCUT2D eigenvalue weighted by molar-refractivity contribution is 5.89. The Kier molecular flexibility index (Phi) is 4.76. The van der Waals surface area contributed by atoms with Crippen LogP contribution in [0.15, 0.2) is 30.3 Å². The van der Waals surface area contributed by atoms with Crippen molar-refractivity contribution in [3.05, 3.63) is 35.9 Å². The topological polar surface area (TPSA) is 49.4 Å². The van der Waals surface area contributed by atoms with E-state index in [9.17, 15) is 9.59 Å². The van der Waals surface area contributed by atoms with Crippen LogP contribution in [0.3, 0.4) is 0 Å². The van der Waals surface area contributed by atoms with Crippen molar-refractivity contribution in [3.8, 4) is 0 Å². The first-order valence-corrected chi connectivity index (χ1v) is 8.34. The number of likely N-dealkylation sites (tertiary alicyclic amines) is 1. The van der Waals surface area contributed by atoms with Crippen LogP contribution in [0.4, 0.5) is 0 Å². The van der Waals surface area contributed by atoms with Crippen molar-refractivity contribution in [1.82, 2.24) is 10.2 Å². The van der Waals surface area contributed by atoms with Crippen LogP contribution in [-0.2, 0) is 16.0 Å². The maximum Gasteiger partial charge on any atom is 0.225 e. The molecule has 1 saturated carbocycles. The number of rotatable bonds is 5. The van der Waals surface area contributed by atoms with Gasteiger partial charge < -0.3 is 10.2 Å². The normalized spacial score (nSPS) is 22.3. The minimum absolute atomic E-state index is 0.0717. The van der Waals surface area contributed by atoms with Crippen LogP contribution in [0.1, 0.15) is 37.7 Å². The predicted molar refractivity (Wildman–Crippen MR) is 85.2 cm³/mol. The van der Waals surface area contributed by atoms with E-state index in [1.807, 2.05) is 23.1 Å². The highest BCUT2D eigenvalue weighted by Crippen LogP contribution is 2.22. The lowest BCUT2D eigenvalue weighted by Gasteiger charge is -2.18. The maximum atomic E-state index is 12.3. The molecule has 1 N–H and O–H groups in total. The van der Waals surface area contributed by atoms with Crippen molar-refractivity contribution in [3.63, 3.8) is 0 Å². The zero-order valence-corrected chi connectivity index (χ0v) is 13.0. The number of nitrogens with zero attached hydrogens (tertiary/aromatic N) is 1. The summed E-state index contributed by atoms with van der Waals surface area (Å²) in [7, 11) is 0. The summed E-state index contributed by atoms with van der Waals surface area (Å²) in [5.41, 5.74) is 1.23. The summed E-state index contributed by atoms with van der Waals surface area (Å²) in [6.07, 6.45) is 5.81. The van der Waals surface area contributed by atoms with Crippen molar-refractivity contribution in [2.45, 2.75) is 44.6 Å². The molecule has 0 radical (unpaired) electrons. The predicted octanol–water partition coefficient (Wildman–Crippen LogP) is 2.14. The number of nitrogens with one attached hydrogen (secondary N) is 1. The van der Waals surface area contributed by atoms with Gasteiger partial charge >= 0.3 is 0 Å². The minimum atomic E-state index is -0.163. The van der Waals surface area contributed by atoms with E-state index in [2.05, 4.69) is 17.4 Å². The number of hydrogen-bond donors (Lipinski definition) is 1.